The van der Waals surface area contributed by atoms with Crippen molar-refractivity contribution in [1.29, 1.82) is 0 Å². The summed E-state index contributed by atoms with van der Waals surface area (Å²) in [5.74, 6) is 1.35. The number of fused-ring (bicyclic) bond motifs is 1. The Balaban J connectivity index is 1.78. The highest BCUT2D eigenvalue weighted by Crippen LogP contribution is 2.39. The smallest absolute Gasteiger partial charge is 0.125 e. The summed E-state index contributed by atoms with van der Waals surface area (Å²) >= 11 is 0. The third-order valence-corrected chi connectivity index (χ3v) is 6.14. The van der Waals surface area contributed by atoms with Crippen LogP contribution in [0.25, 0.3) is 10.8 Å². The van der Waals surface area contributed by atoms with Crippen LogP contribution >= 0.6 is 0 Å². The number of hydrogen-bond donors (Lipinski definition) is 0. The normalized spacial score (nSPS) is 17.1. The SMILES string of the molecule is Cc1c(C)c(OCC2CO2)c(C)c(C(C)c2ccc3ccccc3c2)c1C. The Labute approximate surface area is 162 Å². The second-order valence-corrected chi connectivity index (χ2v) is 7.84. The van der Waals surface area contributed by atoms with Crippen LogP contribution in [-0.4, -0.2) is 19.3 Å². The molecule has 0 aromatic heterocycles. The third-order valence-electron chi connectivity index (χ3n) is 6.14. The molecule has 0 bridgehead atoms. The van der Waals surface area contributed by atoms with Crippen molar-refractivity contribution in [3.8, 4) is 5.75 Å². The molecule has 4 rings (SSSR count). The average Bonchev–Trinajstić information content (AvgIpc) is 3.50. The maximum absolute atomic E-state index is 6.20. The molecule has 1 aliphatic rings. The van der Waals surface area contributed by atoms with Crippen LogP contribution in [-0.2, 0) is 4.74 Å². The first-order valence-electron chi connectivity index (χ1n) is 9.80. The lowest BCUT2D eigenvalue weighted by molar-refractivity contribution is 0.260. The lowest BCUT2D eigenvalue weighted by Crippen LogP contribution is -2.11. The monoisotopic (exact) mass is 360 g/mol. The largest absolute Gasteiger partial charge is 0.490 e. The first-order valence-corrected chi connectivity index (χ1v) is 9.80. The second-order valence-electron chi connectivity index (χ2n) is 7.84. The highest BCUT2D eigenvalue weighted by atomic mass is 16.6. The summed E-state index contributed by atoms with van der Waals surface area (Å²) < 4.78 is 11.5. The van der Waals surface area contributed by atoms with Gasteiger partial charge in [0, 0.05) is 5.92 Å². The predicted molar refractivity (Wildman–Crippen MR) is 112 cm³/mol. The Hall–Kier alpha value is -2.32. The highest BCUT2D eigenvalue weighted by Gasteiger charge is 2.26. The molecule has 1 saturated heterocycles. The molecule has 2 unspecified atom stereocenters. The highest BCUT2D eigenvalue weighted by molar-refractivity contribution is 5.83. The van der Waals surface area contributed by atoms with E-state index in [0.29, 0.717) is 12.5 Å². The number of hydrogen-bond acceptors (Lipinski definition) is 2. The van der Waals surface area contributed by atoms with Crippen molar-refractivity contribution >= 4 is 10.8 Å². The summed E-state index contributed by atoms with van der Waals surface area (Å²) in [6.07, 6.45) is 0.270. The molecule has 1 heterocycles. The summed E-state index contributed by atoms with van der Waals surface area (Å²) in [5, 5.41) is 2.58. The molecular formula is C25H28O2. The summed E-state index contributed by atoms with van der Waals surface area (Å²) in [5.41, 5.74) is 7.95. The van der Waals surface area contributed by atoms with Crippen LogP contribution < -0.4 is 4.74 Å². The van der Waals surface area contributed by atoms with E-state index in [0.717, 1.165) is 12.4 Å². The lowest BCUT2D eigenvalue weighted by Gasteiger charge is -2.25. The van der Waals surface area contributed by atoms with Gasteiger partial charge in [-0.1, -0.05) is 49.4 Å². The van der Waals surface area contributed by atoms with Crippen LogP contribution in [0.1, 0.15) is 46.2 Å². The van der Waals surface area contributed by atoms with Gasteiger partial charge in [-0.2, -0.15) is 0 Å². The maximum Gasteiger partial charge on any atom is 0.125 e. The van der Waals surface area contributed by atoms with Crippen LogP contribution in [0.3, 0.4) is 0 Å². The number of rotatable bonds is 5. The summed E-state index contributed by atoms with van der Waals surface area (Å²) in [7, 11) is 0. The standard InChI is InChI=1S/C25H28O2/c1-15-16(2)24(19(5)25(17(15)3)27-14-23-13-26-23)18(4)21-11-10-20-8-6-7-9-22(20)12-21/h6-12,18,23H,13-14H2,1-5H3. The first-order chi connectivity index (χ1) is 13.0. The molecule has 2 heteroatoms. The predicted octanol–water partition coefficient (Wildman–Crippen LogP) is 6.00. The molecule has 2 nitrogen and oxygen atoms in total. The van der Waals surface area contributed by atoms with Crippen molar-refractivity contribution in [3.63, 3.8) is 0 Å². The Morgan fingerprint density at radius 1 is 0.926 bits per heavy atom. The van der Waals surface area contributed by atoms with E-state index in [4.69, 9.17) is 9.47 Å². The van der Waals surface area contributed by atoms with Crippen molar-refractivity contribution in [1.82, 2.24) is 0 Å². The van der Waals surface area contributed by atoms with E-state index in [2.05, 4.69) is 77.1 Å². The summed E-state index contributed by atoms with van der Waals surface area (Å²) in [4.78, 5) is 0. The molecule has 1 aliphatic heterocycles. The molecule has 0 saturated carbocycles. The van der Waals surface area contributed by atoms with Crippen molar-refractivity contribution in [2.75, 3.05) is 13.2 Å². The maximum atomic E-state index is 6.20. The molecule has 140 valence electrons. The van der Waals surface area contributed by atoms with Gasteiger partial charge in [-0.15, -0.1) is 0 Å². The van der Waals surface area contributed by atoms with Crippen molar-refractivity contribution in [3.05, 3.63) is 75.8 Å². The second kappa shape index (κ2) is 7.01. The number of epoxide rings is 1. The van der Waals surface area contributed by atoms with Crippen LogP contribution in [0.5, 0.6) is 5.75 Å². The molecule has 0 amide bonds. The van der Waals surface area contributed by atoms with Crippen molar-refractivity contribution < 1.29 is 9.47 Å². The van der Waals surface area contributed by atoms with Gasteiger partial charge in [0.15, 0.2) is 0 Å². The molecule has 0 N–H and O–H groups in total. The minimum Gasteiger partial charge on any atom is -0.490 e. The minimum absolute atomic E-state index is 0.270. The molecule has 3 aromatic carbocycles. The molecule has 27 heavy (non-hydrogen) atoms. The van der Waals surface area contributed by atoms with Crippen LogP contribution in [0.15, 0.2) is 42.5 Å². The topological polar surface area (TPSA) is 21.8 Å². The van der Waals surface area contributed by atoms with Crippen molar-refractivity contribution in [2.45, 2.75) is 46.6 Å². The van der Waals surface area contributed by atoms with Crippen LogP contribution in [0.4, 0.5) is 0 Å². The van der Waals surface area contributed by atoms with E-state index < -0.39 is 0 Å². The zero-order chi connectivity index (χ0) is 19.1. The Kier molecular flexibility index (Phi) is 4.69. The summed E-state index contributed by atoms with van der Waals surface area (Å²) in [6, 6.07) is 15.4. The Morgan fingerprint density at radius 3 is 2.33 bits per heavy atom. The van der Waals surface area contributed by atoms with Gasteiger partial charge in [-0.25, -0.2) is 0 Å². The first kappa shape index (κ1) is 18.1. The molecule has 0 radical (unpaired) electrons. The molecule has 3 aromatic rings. The van der Waals surface area contributed by atoms with E-state index in [1.165, 1.54) is 44.2 Å². The minimum atomic E-state index is 0.270. The Morgan fingerprint density at radius 2 is 1.63 bits per heavy atom. The van der Waals surface area contributed by atoms with E-state index >= 15 is 0 Å². The van der Waals surface area contributed by atoms with Gasteiger partial charge >= 0.3 is 0 Å². The number of ether oxygens (including phenoxy) is 2. The quantitative estimate of drug-likeness (QED) is 0.520. The molecule has 1 fully saturated rings. The molecule has 0 spiro atoms. The van der Waals surface area contributed by atoms with E-state index in [1.54, 1.807) is 0 Å². The van der Waals surface area contributed by atoms with Gasteiger partial charge < -0.3 is 9.47 Å². The zero-order valence-corrected chi connectivity index (χ0v) is 16.9. The fraction of sp³-hybridized carbons (Fsp3) is 0.360. The summed E-state index contributed by atoms with van der Waals surface area (Å²) in [6.45, 7) is 12.6. The van der Waals surface area contributed by atoms with E-state index in [-0.39, 0.29) is 6.10 Å². The molecular weight excluding hydrogens is 332 g/mol. The number of benzene rings is 3. The lowest BCUT2D eigenvalue weighted by atomic mass is 9.82. The fourth-order valence-corrected chi connectivity index (χ4v) is 4.19. The zero-order valence-electron chi connectivity index (χ0n) is 16.9. The van der Waals surface area contributed by atoms with Crippen LogP contribution in [0.2, 0.25) is 0 Å². The van der Waals surface area contributed by atoms with Gasteiger partial charge in [0.2, 0.25) is 0 Å². The van der Waals surface area contributed by atoms with Gasteiger partial charge in [0.25, 0.3) is 0 Å². The molecule has 2 atom stereocenters. The third kappa shape index (κ3) is 3.35. The fourth-order valence-electron chi connectivity index (χ4n) is 4.19. The van der Waals surface area contributed by atoms with Crippen molar-refractivity contribution in [2.24, 2.45) is 0 Å². The van der Waals surface area contributed by atoms with Gasteiger partial charge in [0.1, 0.15) is 18.5 Å². The average molecular weight is 360 g/mol. The van der Waals surface area contributed by atoms with E-state index in [1.807, 2.05) is 0 Å². The van der Waals surface area contributed by atoms with Gasteiger partial charge in [0.05, 0.1) is 6.61 Å². The van der Waals surface area contributed by atoms with Crippen LogP contribution in [0, 0.1) is 27.7 Å². The molecule has 0 aliphatic carbocycles. The Bertz CT molecular complexity index is 999. The van der Waals surface area contributed by atoms with Gasteiger partial charge in [-0.05, 0) is 71.8 Å². The van der Waals surface area contributed by atoms with E-state index in [9.17, 15) is 0 Å². The van der Waals surface area contributed by atoms with Gasteiger partial charge in [-0.3, -0.25) is 0 Å².